The minimum absolute atomic E-state index is 0.0922. The van der Waals surface area contributed by atoms with Crippen molar-refractivity contribution in [2.45, 2.75) is 19.4 Å². The van der Waals surface area contributed by atoms with Crippen molar-refractivity contribution in [1.29, 1.82) is 0 Å². The number of carbonyl (C=O) groups excluding carboxylic acids is 1. The van der Waals surface area contributed by atoms with Crippen LogP contribution in [0.5, 0.6) is 0 Å². The Morgan fingerprint density at radius 1 is 1.21 bits per heavy atom. The minimum atomic E-state index is -0.833. The van der Waals surface area contributed by atoms with Crippen molar-refractivity contribution < 1.29 is 19.4 Å². The molecule has 0 fully saturated rings. The van der Waals surface area contributed by atoms with E-state index in [1.165, 1.54) is 0 Å². The quantitative estimate of drug-likeness (QED) is 0.740. The fraction of sp³-hybridized carbons (Fsp3) is 0.286. The largest absolute Gasteiger partial charge is 0.481 e. The van der Waals surface area contributed by atoms with E-state index in [0.717, 1.165) is 5.56 Å². The van der Waals surface area contributed by atoms with Gasteiger partial charge in [0, 0.05) is 13.0 Å². The zero-order chi connectivity index (χ0) is 13.9. The van der Waals surface area contributed by atoms with Gasteiger partial charge in [0.05, 0.1) is 0 Å². The van der Waals surface area contributed by atoms with Gasteiger partial charge >= 0.3 is 12.1 Å². The van der Waals surface area contributed by atoms with Gasteiger partial charge in [-0.05, 0) is 12.0 Å². The number of amides is 1. The maximum Gasteiger partial charge on any atom is 0.407 e. The molecule has 0 saturated heterocycles. The molecule has 19 heavy (non-hydrogen) atoms. The maximum atomic E-state index is 11.3. The van der Waals surface area contributed by atoms with Gasteiger partial charge in [0.2, 0.25) is 0 Å². The fourth-order valence-corrected chi connectivity index (χ4v) is 1.32. The molecule has 0 aliphatic carbocycles. The van der Waals surface area contributed by atoms with Crippen LogP contribution in [0.3, 0.4) is 0 Å². The van der Waals surface area contributed by atoms with E-state index < -0.39 is 12.1 Å². The third kappa shape index (κ3) is 7.59. The van der Waals surface area contributed by atoms with E-state index in [1.807, 2.05) is 30.3 Å². The van der Waals surface area contributed by atoms with Gasteiger partial charge < -0.3 is 15.2 Å². The van der Waals surface area contributed by atoms with Crippen LogP contribution in [0.4, 0.5) is 4.79 Å². The van der Waals surface area contributed by atoms with Crippen molar-refractivity contribution in [3.63, 3.8) is 0 Å². The van der Waals surface area contributed by atoms with E-state index in [0.29, 0.717) is 13.0 Å². The molecule has 1 aromatic rings. The van der Waals surface area contributed by atoms with Gasteiger partial charge in [-0.2, -0.15) is 0 Å². The van der Waals surface area contributed by atoms with E-state index >= 15 is 0 Å². The highest BCUT2D eigenvalue weighted by molar-refractivity contribution is 5.67. The number of ether oxygens (including phenoxy) is 1. The molecular weight excluding hydrogens is 246 g/mol. The molecule has 0 saturated carbocycles. The fourth-order valence-electron chi connectivity index (χ4n) is 1.32. The average molecular weight is 263 g/mol. The Hall–Kier alpha value is -2.30. The number of hydrogen-bond acceptors (Lipinski definition) is 3. The van der Waals surface area contributed by atoms with Crippen LogP contribution >= 0.6 is 0 Å². The monoisotopic (exact) mass is 263 g/mol. The lowest BCUT2D eigenvalue weighted by Gasteiger charge is -2.05. The number of carbonyl (C=O) groups is 2. The molecule has 5 heteroatoms. The van der Waals surface area contributed by atoms with Crippen LogP contribution in [0.2, 0.25) is 0 Å². The van der Waals surface area contributed by atoms with Crippen molar-refractivity contribution in [3.8, 4) is 0 Å². The lowest BCUT2D eigenvalue weighted by molar-refractivity contribution is -0.136. The predicted octanol–water partition coefficient (Wildman–Crippen LogP) is 2.33. The first-order valence-corrected chi connectivity index (χ1v) is 6.00. The molecule has 0 radical (unpaired) electrons. The topological polar surface area (TPSA) is 75.6 Å². The molecule has 0 spiro atoms. The van der Waals surface area contributed by atoms with Crippen LogP contribution in [-0.4, -0.2) is 23.7 Å². The van der Waals surface area contributed by atoms with Gasteiger partial charge in [0.25, 0.3) is 0 Å². The van der Waals surface area contributed by atoms with Gasteiger partial charge in [-0.1, -0.05) is 42.5 Å². The van der Waals surface area contributed by atoms with Gasteiger partial charge in [0.1, 0.15) is 6.61 Å². The molecule has 0 atom stereocenters. The highest BCUT2D eigenvalue weighted by Gasteiger charge is 2.00. The first-order chi connectivity index (χ1) is 9.18. The van der Waals surface area contributed by atoms with Crippen LogP contribution < -0.4 is 5.32 Å². The lowest BCUT2D eigenvalue weighted by atomic mass is 10.2. The van der Waals surface area contributed by atoms with E-state index in [4.69, 9.17) is 9.84 Å². The maximum absolute atomic E-state index is 11.3. The predicted molar refractivity (Wildman–Crippen MR) is 70.6 cm³/mol. The highest BCUT2D eigenvalue weighted by atomic mass is 16.5. The van der Waals surface area contributed by atoms with E-state index in [2.05, 4.69) is 5.32 Å². The van der Waals surface area contributed by atoms with Crippen molar-refractivity contribution in [2.24, 2.45) is 0 Å². The van der Waals surface area contributed by atoms with Crippen LogP contribution in [-0.2, 0) is 16.1 Å². The molecule has 5 nitrogen and oxygen atoms in total. The lowest BCUT2D eigenvalue weighted by Crippen LogP contribution is -2.24. The van der Waals surface area contributed by atoms with Crippen LogP contribution in [0, 0.1) is 0 Å². The second-order valence-corrected chi connectivity index (χ2v) is 3.85. The molecule has 0 aliphatic rings. The summed E-state index contributed by atoms with van der Waals surface area (Å²) in [5, 5.41) is 11.0. The highest BCUT2D eigenvalue weighted by Crippen LogP contribution is 2.00. The van der Waals surface area contributed by atoms with E-state index in [9.17, 15) is 9.59 Å². The number of nitrogens with one attached hydrogen (secondary N) is 1. The second kappa shape index (κ2) is 8.74. The molecule has 0 bridgehead atoms. The van der Waals surface area contributed by atoms with Gasteiger partial charge in [-0.25, -0.2) is 4.79 Å². The molecule has 0 aliphatic heterocycles. The van der Waals surface area contributed by atoms with Crippen molar-refractivity contribution in [3.05, 3.63) is 48.0 Å². The van der Waals surface area contributed by atoms with Crippen molar-refractivity contribution in [1.82, 2.24) is 5.32 Å². The Labute approximate surface area is 111 Å². The molecule has 0 aromatic heterocycles. The molecule has 1 aromatic carbocycles. The number of carboxylic acid groups (broad SMARTS) is 1. The zero-order valence-electron chi connectivity index (χ0n) is 10.5. The molecule has 0 heterocycles. The SMILES string of the molecule is O=C(O)CCC=CCNC(=O)OCc1ccccc1. The van der Waals surface area contributed by atoms with Gasteiger partial charge in [-0.3, -0.25) is 4.79 Å². The van der Waals surface area contributed by atoms with Crippen LogP contribution in [0.25, 0.3) is 0 Å². The summed E-state index contributed by atoms with van der Waals surface area (Å²) in [6, 6.07) is 9.40. The number of alkyl carbamates (subject to hydrolysis) is 1. The Morgan fingerprint density at radius 2 is 1.95 bits per heavy atom. The van der Waals surface area contributed by atoms with Crippen LogP contribution in [0.15, 0.2) is 42.5 Å². The summed E-state index contributed by atoms with van der Waals surface area (Å²) in [7, 11) is 0. The number of rotatable bonds is 7. The minimum Gasteiger partial charge on any atom is -0.481 e. The van der Waals surface area contributed by atoms with Crippen molar-refractivity contribution in [2.75, 3.05) is 6.54 Å². The number of aliphatic carboxylic acids is 1. The zero-order valence-corrected chi connectivity index (χ0v) is 10.5. The molecule has 0 unspecified atom stereocenters. The smallest absolute Gasteiger partial charge is 0.407 e. The van der Waals surface area contributed by atoms with Gasteiger partial charge in [0.15, 0.2) is 0 Å². The summed E-state index contributed by atoms with van der Waals surface area (Å²) in [6.07, 6.45) is 3.47. The first-order valence-electron chi connectivity index (χ1n) is 6.00. The van der Waals surface area contributed by atoms with Crippen LogP contribution in [0.1, 0.15) is 18.4 Å². The summed E-state index contributed by atoms with van der Waals surface area (Å²) in [6.45, 7) is 0.558. The Morgan fingerprint density at radius 3 is 2.63 bits per heavy atom. The summed E-state index contributed by atoms with van der Waals surface area (Å²) < 4.78 is 4.99. The standard InChI is InChI=1S/C14H17NO4/c16-13(17)9-5-2-6-10-15-14(18)19-11-12-7-3-1-4-8-12/h1-4,6-8H,5,9-11H2,(H,15,18)(H,16,17). The van der Waals surface area contributed by atoms with Gasteiger partial charge in [-0.15, -0.1) is 0 Å². The molecule has 2 N–H and O–H groups in total. The second-order valence-electron chi connectivity index (χ2n) is 3.85. The van der Waals surface area contributed by atoms with E-state index in [1.54, 1.807) is 12.2 Å². The molecule has 102 valence electrons. The molecular formula is C14H17NO4. The summed E-state index contributed by atoms with van der Waals surface area (Å²) >= 11 is 0. The summed E-state index contributed by atoms with van der Waals surface area (Å²) in [4.78, 5) is 21.5. The Kier molecular flexibility index (Phi) is 6.79. The molecule has 1 rings (SSSR count). The number of benzene rings is 1. The number of hydrogen-bond donors (Lipinski definition) is 2. The third-order valence-electron chi connectivity index (χ3n) is 2.27. The summed E-state index contributed by atoms with van der Waals surface area (Å²) in [5.74, 6) is -0.833. The normalized spacial score (nSPS) is 10.3. The number of allylic oxidation sites excluding steroid dienone is 1. The summed E-state index contributed by atoms with van der Waals surface area (Å²) in [5.41, 5.74) is 0.926. The Bertz CT molecular complexity index is 428. The Balaban J connectivity index is 2.10. The van der Waals surface area contributed by atoms with E-state index in [-0.39, 0.29) is 13.0 Å². The number of carboxylic acids is 1. The molecule has 1 amide bonds. The average Bonchev–Trinajstić information content (AvgIpc) is 2.41. The first kappa shape index (κ1) is 14.8. The third-order valence-corrected chi connectivity index (χ3v) is 2.27. The van der Waals surface area contributed by atoms with Crippen molar-refractivity contribution >= 4 is 12.1 Å².